The number of benzene rings is 2. The zero-order valence-corrected chi connectivity index (χ0v) is 15.1. The molecular formula is C21H23N3O2. The van der Waals surface area contributed by atoms with E-state index in [1.807, 2.05) is 19.1 Å². The maximum Gasteiger partial charge on any atom is 0.271 e. The number of fused-ring (bicyclic) bond motifs is 1. The van der Waals surface area contributed by atoms with Crippen molar-refractivity contribution in [2.45, 2.75) is 26.8 Å². The van der Waals surface area contributed by atoms with Gasteiger partial charge in [0.1, 0.15) is 5.75 Å². The monoisotopic (exact) mass is 349 g/mol. The summed E-state index contributed by atoms with van der Waals surface area (Å²) < 4.78 is 7.59. The molecule has 134 valence electrons. The molecule has 5 heteroatoms. The Morgan fingerprint density at radius 3 is 2.65 bits per heavy atom. The van der Waals surface area contributed by atoms with Crippen LogP contribution < -0.4 is 10.2 Å². The summed E-state index contributed by atoms with van der Waals surface area (Å²) in [6.07, 6.45) is 4.82. The Morgan fingerprint density at radius 1 is 1.15 bits per heavy atom. The fraction of sp³-hybridized carbons (Fsp3) is 0.238. The van der Waals surface area contributed by atoms with Gasteiger partial charge in [-0.3, -0.25) is 4.79 Å². The van der Waals surface area contributed by atoms with Crippen LogP contribution in [0.15, 0.2) is 59.8 Å². The van der Waals surface area contributed by atoms with Gasteiger partial charge in [0.25, 0.3) is 5.91 Å². The molecule has 1 amide bonds. The molecule has 3 aromatic rings. The van der Waals surface area contributed by atoms with E-state index < -0.39 is 0 Å². The second-order valence-electron chi connectivity index (χ2n) is 5.95. The SMILES string of the molecule is CCCn1cc(/C=N\NC(=O)c2ccc(OCC)cc2)c2ccccc21. The summed E-state index contributed by atoms with van der Waals surface area (Å²) in [4.78, 5) is 12.2. The van der Waals surface area contributed by atoms with Crippen LogP contribution >= 0.6 is 0 Å². The smallest absolute Gasteiger partial charge is 0.271 e. The van der Waals surface area contributed by atoms with Crippen LogP contribution in [0.25, 0.3) is 10.9 Å². The summed E-state index contributed by atoms with van der Waals surface area (Å²) in [5.74, 6) is 0.498. The van der Waals surface area contributed by atoms with E-state index in [1.165, 1.54) is 5.52 Å². The number of hydrogen-bond acceptors (Lipinski definition) is 3. The van der Waals surface area contributed by atoms with Gasteiger partial charge in [-0.25, -0.2) is 5.43 Å². The van der Waals surface area contributed by atoms with E-state index in [0.29, 0.717) is 12.2 Å². The predicted molar refractivity (Wildman–Crippen MR) is 105 cm³/mol. The molecular weight excluding hydrogens is 326 g/mol. The molecule has 0 saturated carbocycles. The quantitative estimate of drug-likeness (QED) is 0.513. The molecule has 0 bridgehead atoms. The van der Waals surface area contributed by atoms with Crippen LogP contribution in [0.1, 0.15) is 36.2 Å². The average Bonchev–Trinajstić information content (AvgIpc) is 3.01. The van der Waals surface area contributed by atoms with Crippen molar-refractivity contribution in [1.82, 2.24) is 9.99 Å². The summed E-state index contributed by atoms with van der Waals surface area (Å²) >= 11 is 0. The van der Waals surface area contributed by atoms with Gasteiger partial charge < -0.3 is 9.30 Å². The number of nitrogens with one attached hydrogen (secondary N) is 1. The number of ether oxygens (including phenoxy) is 1. The fourth-order valence-corrected chi connectivity index (χ4v) is 2.90. The van der Waals surface area contributed by atoms with Crippen LogP contribution in [-0.4, -0.2) is 23.3 Å². The van der Waals surface area contributed by atoms with Gasteiger partial charge in [-0.2, -0.15) is 5.10 Å². The van der Waals surface area contributed by atoms with Gasteiger partial charge >= 0.3 is 0 Å². The number of hydrazone groups is 1. The third kappa shape index (κ3) is 3.94. The zero-order chi connectivity index (χ0) is 18.4. The maximum absolute atomic E-state index is 12.2. The predicted octanol–water partition coefficient (Wildman–Crippen LogP) is 4.21. The second kappa shape index (κ2) is 8.34. The number of hydrogen-bond donors (Lipinski definition) is 1. The highest BCUT2D eigenvalue weighted by Crippen LogP contribution is 2.20. The summed E-state index contributed by atoms with van der Waals surface area (Å²) in [5, 5.41) is 5.26. The highest BCUT2D eigenvalue weighted by atomic mass is 16.5. The number of para-hydroxylation sites is 1. The average molecular weight is 349 g/mol. The van der Waals surface area contributed by atoms with Gasteiger partial charge in [-0.05, 0) is 43.7 Å². The van der Waals surface area contributed by atoms with Gasteiger partial charge in [0.15, 0.2) is 0 Å². The molecule has 0 radical (unpaired) electrons. The molecule has 0 spiro atoms. The van der Waals surface area contributed by atoms with Crippen molar-refractivity contribution in [3.63, 3.8) is 0 Å². The first-order chi connectivity index (χ1) is 12.7. The summed E-state index contributed by atoms with van der Waals surface area (Å²) in [6.45, 7) is 5.63. The van der Waals surface area contributed by atoms with Crippen molar-refractivity contribution >= 4 is 23.0 Å². The standard InChI is InChI=1S/C21H23N3O2/c1-3-13-24-15-17(19-7-5-6-8-20(19)24)14-22-23-21(25)16-9-11-18(12-10-16)26-4-2/h5-12,14-15H,3-4,13H2,1-2H3,(H,23,25)/b22-14-. The minimum atomic E-state index is -0.249. The highest BCUT2D eigenvalue weighted by molar-refractivity contribution is 6.00. The number of carbonyl (C=O) groups excluding carboxylic acids is 1. The Morgan fingerprint density at radius 2 is 1.92 bits per heavy atom. The molecule has 1 heterocycles. The Balaban J connectivity index is 1.72. The molecule has 0 atom stereocenters. The van der Waals surface area contributed by atoms with E-state index in [0.717, 1.165) is 29.7 Å². The van der Waals surface area contributed by atoms with Gasteiger partial charge in [-0.1, -0.05) is 25.1 Å². The van der Waals surface area contributed by atoms with Gasteiger partial charge in [0.05, 0.1) is 12.8 Å². The van der Waals surface area contributed by atoms with Crippen LogP contribution in [0.5, 0.6) is 5.75 Å². The first kappa shape index (κ1) is 17.7. The van der Waals surface area contributed by atoms with Gasteiger partial charge in [-0.15, -0.1) is 0 Å². The van der Waals surface area contributed by atoms with Crippen molar-refractivity contribution in [3.05, 3.63) is 65.9 Å². The van der Waals surface area contributed by atoms with Crippen molar-refractivity contribution < 1.29 is 9.53 Å². The van der Waals surface area contributed by atoms with Crippen LogP contribution in [0.2, 0.25) is 0 Å². The molecule has 0 aliphatic rings. The zero-order valence-electron chi connectivity index (χ0n) is 15.1. The third-order valence-electron chi connectivity index (χ3n) is 4.08. The number of carbonyl (C=O) groups is 1. The van der Waals surface area contributed by atoms with E-state index in [4.69, 9.17) is 4.74 Å². The number of nitrogens with zero attached hydrogens (tertiary/aromatic N) is 2. The molecule has 3 rings (SSSR count). The summed E-state index contributed by atoms with van der Waals surface area (Å²) in [7, 11) is 0. The molecule has 0 fully saturated rings. The van der Waals surface area contributed by atoms with Crippen molar-refractivity contribution in [2.75, 3.05) is 6.61 Å². The lowest BCUT2D eigenvalue weighted by Gasteiger charge is -2.03. The minimum absolute atomic E-state index is 0.249. The van der Waals surface area contributed by atoms with Crippen LogP contribution in [0.4, 0.5) is 0 Å². The Bertz CT molecular complexity index is 911. The lowest BCUT2D eigenvalue weighted by atomic mass is 10.2. The Kier molecular flexibility index (Phi) is 5.69. The molecule has 5 nitrogen and oxygen atoms in total. The van der Waals surface area contributed by atoms with E-state index in [1.54, 1.807) is 30.5 Å². The van der Waals surface area contributed by atoms with Crippen molar-refractivity contribution in [1.29, 1.82) is 0 Å². The van der Waals surface area contributed by atoms with Crippen LogP contribution in [-0.2, 0) is 6.54 Å². The lowest BCUT2D eigenvalue weighted by Crippen LogP contribution is -2.17. The molecule has 26 heavy (non-hydrogen) atoms. The molecule has 0 unspecified atom stereocenters. The number of aryl methyl sites for hydroxylation is 1. The maximum atomic E-state index is 12.2. The molecule has 0 aliphatic carbocycles. The van der Waals surface area contributed by atoms with Crippen molar-refractivity contribution in [3.8, 4) is 5.75 Å². The van der Waals surface area contributed by atoms with Gasteiger partial charge in [0.2, 0.25) is 0 Å². The normalized spacial score (nSPS) is 11.2. The van der Waals surface area contributed by atoms with E-state index in [-0.39, 0.29) is 5.91 Å². The molecule has 1 N–H and O–H groups in total. The van der Waals surface area contributed by atoms with Crippen molar-refractivity contribution in [2.24, 2.45) is 5.10 Å². The Hall–Kier alpha value is -3.08. The minimum Gasteiger partial charge on any atom is -0.494 e. The summed E-state index contributed by atoms with van der Waals surface area (Å²) in [6, 6.07) is 15.2. The molecule has 0 saturated heterocycles. The molecule has 0 aliphatic heterocycles. The first-order valence-electron chi connectivity index (χ1n) is 8.87. The fourth-order valence-electron chi connectivity index (χ4n) is 2.90. The number of amides is 1. The lowest BCUT2D eigenvalue weighted by molar-refractivity contribution is 0.0955. The third-order valence-corrected chi connectivity index (χ3v) is 4.08. The van der Waals surface area contributed by atoms with E-state index in [2.05, 4.69) is 40.3 Å². The summed E-state index contributed by atoms with van der Waals surface area (Å²) in [5.41, 5.74) is 5.29. The molecule has 2 aromatic carbocycles. The van der Waals surface area contributed by atoms with Crippen LogP contribution in [0.3, 0.4) is 0 Å². The topological polar surface area (TPSA) is 55.6 Å². The Labute approximate surface area is 153 Å². The van der Waals surface area contributed by atoms with Crippen LogP contribution in [0, 0.1) is 0 Å². The van der Waals surface area contributed by atoms with Gasteiger partial charge in [0, 0.05) is 34.8 Å². The largest absolute Gasteiger partial charge is 0.494 e. The number of rotatable bonds is 7. The molecule has 1 aromatic heterocycles. The number of aromatic nitrogens is 1. The second-order valence-corrected chi connectivity index (χ2v) is 5.95. The first-order valence-corrected chi connectivity index (χ1v) is 8.87. The van der Waals surface area contributed by atoms with E-state index in [9.17, 15) is 4.79 Å². The van der Waals surface area contributed by atoms with E-state index >= 15 is 0 Å². The highest BCUT2D eigenvalue weighted by Gasteiger charge is 2.07.